The summed E-state index contributed by atoms with van der Waals surface area (Å²) in [5, 5.41) is 11.0. The summed E-state index contributed by atoms with van der Waals surface area (Å²) in [6.07, 6.45) is 0.816. The van der Waals surface area contributed by atoms with Crippen molar-refractivity contribution in [3.8, 4) is 6.07 Å². The number of hydrogen-bond acceptors (Lipinski definition) is 3. The van der Waals surface area contributed by atoms with Gasteiger partial charge < -0.3 is 10.1 Å². The standard InChI is InChI=1S/C10H18N2O2/c1-10(2,5-7-14-3)8-12-9(13)4-6-11/h4-5,7-8H2,1-3H3,(H,12,13). The molecule has 0 aliphatic rings. The molecule has 1 N–H and O–H groups in total. The fourth-order valence-corrected chi connectivity index (χ4v) is 0.939. The summed E-state index contributed by atoms with van der Waals surface area (Å²) in [4.78, 5) is 11.0. The Kier molecular flexibility index (Phi) is 5.89. The first-order chi connectivity index (χ1) is 6.52. The van der Waals surface area contributed by atoms with Crippen molar-refractivity contribution in [2.75, 3.05) is 20.3 Å². The number of hydrogen-bond donors (Lipinski definition) is 1. The van der Waals surface area contributed by atoms with Gasteiger partial charge in [0.2, 0.25) is 5.91 Å². The highest BCUT2D eigenvalue weighted by Crippen LogP contribution is 2.18. The zero-order valence-electron chi connectivity index (χ0n) is 9.09. The number of nitrogens with zero attached hydrogens (tertiary/aromatic N) is 1. The molecular formula is C10H18N2O2. The van der Waals surface area contributed by atoms with Crippen LogP contribution in [0, 0.1) is 16.7 Å². The Labute approximate surface area is 85.2 Å². The van der Waals surface area contributed by atoms with Crippen LogP contribution < -0.4 is 5.32 Å². The number of methoxy groups -OCH3 is 1. The number of carbonyl (C=O) groups is 1. The normalized spacial score (nSPS) is 10.7. The second-order valence-electron chi connectivity index (χ2n) is 4.02. The van der Waals surface area contributed by atoms with Gasteiger partial charge in [0.15, 0.2) is 0 Å². The predicted molar refractivity (Wildman–Crippen MR) is 53.5 cm³/mol. The van der Waals surface area contributed by atoms with Crippen molar-refractivity contribution in [3.05, 3.63) is 0 Å². The first-order valence-corrected chi connectivity index (χ1v) is 4.64. The van der Waals surface area contributed by atoms with Crippen molar-refractivity contribution in [1.29, 1.82) is 5.26 Å². The van der Waals surface area contributed by atoms with Crippen LogP contribution in [0.1, 0.15) is 26.7 Å². The summed E-state index contributed by atoms with van der Waals surface area (Å²) in [5.41, 5.74) is 0.0150. The molecule has 4 nitrogen and oxygen atoms in total. The van der Waals surface area contributed by atoms with E-state index in [-0.39, 0.29) is 17.7 Å². The van der Waals surface area contributed by atoms with Crippen LogP contribution in [0.4, 0.5) is 0 Å². The Morgan fingerprint density at radius 2 is 2.21 bits per heavy atom. The first-order valence-electron chi connectivity index (χ1n) is 4.64. The number of nitrogens with one attached hydrogen (secondary N) is 1. The molecule has 0 rings (SSSR count). The molecule has 0 unspecified atom stereocenters. The highest BCUT2D eigenvalue weighted by molar-refractivity contribution is 5.77. The van der Waals surface area contributed by atoms with Gasteiger partial charge in [-0.2, -0.15) is 5.26 Å². The number of amides is 1. The van der Waals surface area contributed by atoms with Crippen molar-refractivity contribution in [2.24, 2.45) is 5.41 Å². The average molecular weight is 198 g/mol. The monoisotopic (exact) mass is 198 g/mol. The number of carbonyl (C=O) groups excluding carboxylic acids is 1. The van der Waals surface area contributed by atoms with Crippen LogP contribution in [0.3, 0.4) is 0 Å². The van der Waals surface area contributed by atoms with E-state index in [2.05, 4.69) is 19.2 Å². The van der Waals surface area contributed by atoms with Gasteiger partial charge in [-0.25, -0.2) is 0 Å². The molecule has 0 aromatic carbocycles. The zero-order valence-corrected chi connectivity index (χ0v) is 9.09. The third-order valence-corrected chi connectivity index (χ3v) is 1.99. The van der Waals surface area contributed by atoms with E-state index in [1.807, 2.05) is 6.07 Å². The zero-order chi connectivity index (χ0) is 11.0. The lowest BCUT2D eigenvalue weighted by Crippen LogP contribution is -2.34. The van der Waals surface area contributed by atoms with Gasteiger partial charge in [0.25, 0.3) is 0 Å². The van der Waals surface area contributed by atoms with Crippen LogP contribution in [0.15, 0.2) is 0 Å². The fourth-order valence-electron chi connectivity index (χ4n) is 0.939. The summed E-state index contributed by atoms with van der Waals surface area (Å²) in [5.74, 6) is -0.210. The van der Waals surface area contributed by atoms with Crippen molar-refractivity contribution >= 4 is 5.91 Å². The van der Waals surface area contributed by atoms with Crippen LogP contribution in [0.5, 0.6) is 0 Å². The highest BCUT2D eigenvalue weighted by Gasteiger charge is 2.18. The third-order valence-electron chi connectivity index (χ3n) is 1.99. The topological polar surface area (TPSA) is 62.1 Å². The van der Waals surface area contributed by atoms with E-state index in [9.17, 15) is 4.79 Å². The molecule has 0 atom stereocenters. The molecule has 0 aliphatic carbocycles. The van der Waals surface area contributed by atoms with E-state index in [0.29, 0.717) is 13.2 Å². The predicted octanol–water partition coefficient (Wildman–Crippen LogP) is 1.08. The van der Waals surface area contributed by atoms with E-state index in [1.165, 1.54) is 0 Å². The third kappa shape index (κ3) is 6.44. The van der Waals surface area contributed by atoms with E-state index < -0.39 is 0 Å². The summed E-state index contributed by atoms with van der Waals surface area (Å²) < 4.78 is 4.97. The van der Waals surface area contributed by atoms with Crippen molar-refractivity contribution in [3.63, 3.8) is 0 Å². The Morgan fingerprint density at radius 3 is 2.71 bits per heavy atom. The van der Waals surface area contributed by atoms with Gasteiger partial charge in [0, 0.05) is 20.3 Å². The van der Waals surface area contributed by atoms with Gasteiger partial charge in [-0.3, -0.25) is 4.79 Å². The lowest BCUT2D eigenvalue weighted by Gasteiger charge is -2.24. The van der Waals surface area contributed by atoms with Crippen LogP contribution >= 0.6 is 0 Å². The van der Waals surface area contributed by atoms with Crippen molar-refractivity contribution in [1.82, 2.24) is 5.32 Å². The number of ether oxygens (including phenoxy) is 1. The van der Waals surface area contributed by atoms with Gasteiger partial charge in [-0.1, -0.05) is 13.8 Å². The summed E-state index contributed by atoms with van der Waals surface area (Å²) >= 11 is 0. The van der Waals surface area contributed by atoms with E-state index in [0.717, 1.165) is 6.42 Å². The molecule has 0 aromatic rings. The van der Waals surface area contributed by atoms with Crippen molar-refractivity contribution < 1.29 is 9.53 Å². The fraction of sp³-hybridized carbons (Fsp3) is 0.800. The summed E-state index contributed by atoms with van der Waals surface area (Å²) in [6, 6.07) is 1.81. The van der Waals surface area contributed by atoms with Gasteiger partial charge in [-0.15, -0.1) is 0 Å². The highest BCUT2D eigenvalue weighted by atomic mass is 16.5. The molecule has 0 fully saturated rings. The van der Waals surface area contributed by atoms with E-state index in [4.69, 9.17) is 10.00 Å². The van der Waals surface area contributed by atoms with Crippen LogP contribution in [0.25, 0.3) is 0 Å². The molecule has 0 radical (unpaired) electrons. The van der Waals surface area contributed by atoms with Crippen molar-refractivity contribution in [2.45, 2.75) is 26.7 Å². The van der Waals surface area contributed by atoms with Gasteiger partial charge in [0.1, 0.15) is 6.42 Å². The Morgan fingerprint density at radius 1 is 1.57 bits per heavy atom. The van der Waals surface area contributed by atoms with Crippen LogP contribution in [-0.2, 0) is 9.53 Å². The SMILES string of the molecule is COCCC(C)(C)CNC(=O)CC#N. The lowest BCUT2D eigenvalue weighted by molar-refractivity contribution is -0.120. The number of nitriles is 1. The minimum Gasteiger partial charge on any atom is -0.385 e. The molecule has 0 aromatic heterocycles. The molecule has 0 heterocycles. The quantitative estimate of drug-likeness (QED) is 0.694. The molecule has 80 valence electrons. The molecule has 0 spiro atoms. The van der Waals surface area contributed by atoms with Gasteiger partial charge in [0.05, 0.1) is 6.07 Å². The van der Waals surface area contributed by atoms with E-state index in [1.54, 1.807) is 7.11 Å². The Balaban J connectivity index is 3.75. The molecule has 1 amide bonds. The second-order valence-corrected chi connectivity index (χ2v) is 4.02. The summed E-state index contributed by atoms with van der Waals surface area (Å²) in [6.45, 7) is 5.37. The minimum atomic E-state index is -0.210. The Bertz CT molecular complexity index is 219. The molecule has 0 aliphatic heterocycles. The molecule has 4 heteroatoms. The second kappa shape index (κ2) is 6.39. The van der Waals surface area contributed by atoms with Gasteiger partial charge in [-0.05, 0) is 11.8 Å². The van der Waals surface area contributed by atoms with Gasteiger partial charge >= 0.3 is 0 Å². The summed E-state index contributed by atoms with van der Waals surface area (Å²) in [7, 11) is 1.66. The molecular weight excluding hydrogens is 180 g/mol. The average Bonchev–Trinajstić information content (AvgIpc) is 2.13. The minimum absolute atomic E-state index is 0.0150. The Hall–Kier alpha value is -1.08. The smallest absolute Gasteiger partial charge is 0.234 e. The maximum atomic E-state index is 11.0. The first kappa shape index (κ1) is 12.9. The van der Waals surface area contributed by atoms with E-state index >= 15 is 0 Å². The number of rotatable bonds is 6. The maximum absolute atomic E-state index is 11.0. The lowest BCUT2D eigenvalue weighted by atomic mass is 9.90. The molecule has 0 saturated heterocycles. The molecule has 0 saturated carbocycles. The molecule has 14 heavy (non-hydrogen) atoms. The molecule has 0 bridgehead atoms. The van der Waals surface area contributed by atoms with Crippen LogP contribution in [0.2, 0.25) is 0 Å². The van der Waals surface area contributed by atoms with Crippen LogP contribution in [-0.4, -0.2) is 26.2 Å². The maximum Gasteiger partial charge on any atom is 0.234 e. The largest absolute Gasteiger partial charge is 0.385 e.